The number of pyridine rings is 1. The molecule has 116 valence electrons. The number of aromatic amines is 1. The number of benzene rings is 2. The quantitative estimate of drug-likeness (QED) is 0.571. The van der Waals surface area contributed by atoms with E-state index >= 15 is 0 Å². The predicted octanol–water partition coefficient (Wildman–Crippen LogP) is 5.10. The maximum atomic E-state index is 4.43. The summed E-state index contributed by atoms with van der Waals surface area (Å²) < 4.78 is 0. The van der Waals surface area contributed by atoms with Crippen molar-refractivity contribution in [1.82, 2.24) is 15.2 Å². The summed E-state index contributed by atoms with van der Waals surface area (Å²) in [7, 11) is 0. The minimum Gasteiger partial charge on any atom is -0.277 e. The van der Waals surface area contributed by atoms with Gasteiger partial charge in [-0.15, -0.1) is 0 Å². The molecule has 3 nitrogen and oxygen atoms in total. The molecule has 0 spiro atoms. The van der Waals surface area contributed by atoms with Crippen LogP contribution in [0.15, 0.2) is 66.9 Å². The fourth-order valence-corrected chi connectivity index (χ4v) is 2.73. The highest BCUT2D eigenvalue weighted by atomic mass is 15.1. The van der Waals surface area contributed by atoms with Crippen LogP contribution in [0.3, 0.4) is 0 Å². The van der Waals surface area contributed by atoms with Crippen LogP contribution in [-0.2, 0) is 0 Å². The molecule has 0 saturated heterocycles. The van der Waals surface area contributed by atoms with Crippen LogP contribution < -0.4 is 0 Å². The Kier molecular flexibility index (Phi) is 3.67. The van der Waals surface area contributed by atoms with E-state index in [1.54, 1.807) is 0 Å². The molecule has 4 rings (SSSR count). The fraction of sp³-hybridized carbons (Fsp3) is 0.0476. The number of aromatic nitrogens is 3. The molecule has 3 heteroatoms. The van der Waals surface area contributed by atoms with Crippen molar-refractivity contribution < 1.29 is 0 Å². The Hall–Kier alpha value is -3.20. The molecule has 0 aliphatic rings. The molecule has 2 heterocycles. The summed E-state index contributed by atoms with van der Waals surface area (Å²) in [5.74, 6) is 0. The van der Waals surface area contributed by atoms with Crippen molar-refractivity contribution in [3.05, 3.63) is 83.8 Å². The minimum absolute atomic E-state index is 0.947. The Morgan fingerprint density at radius 1 is 0.875 bits per heavy atom. The largest absolute Gasteiger partial charge is 0.277 e. The van der Waals surface area contributed by atoms with E-state index in [4.69, 9.17) is 0 Å². The van der Waals surface area contributed by atoms with Gasteiger partial charge in [0.1, 0.15) is 0 Å². The van der Waals surface area contributed by atoms with Gasteiger partial charge in [-0.1, -0.05) is 48.5 Å². The van der Waals surface area contributed by atoms with E-state index < -0.39 is 0 Å². The first kappa shape index (κ1) is 14.4. The van der Waals surface area contributed by atoms with E-state index in [1.807, 2.05) is 43.5 Å². The average Bonchev–Trinajstić information content (AvgIpc) is 3.04. The lowest BCUT2D eigenvalue weighted by molar-refractivity contribution is 1.11. The van der Waals surface area contributed by atoms with Gasteiger partial charge in [0.2, 0.25) is 0 Å². The summed E-state index contributed by atoms with van der Waals surface area (Å²) in [6.07, 6.45) is 6.03. The maximum Gasteiger partial charge on any atom is 0.0927 e. The van der Waals surface area contributed by atoms with E-state index in [2.05, 4.69) is 57.7 Å². The lowest BCUT2D eigenvalue weighted by atomic mass is 10.0. The van der Waals surface area contributed by atoms with Gasteiger partial charge in [0.25, 0.3) is 0 Å². The third-order valence-electron chi connectivity index (χ3n) is 4.07. The molecule has 0 amide bonds. The molecule has 0 aliphatic heterocycles. The van der Waals surface area contributed by atoms with Crippen LogP contribution in [0.25, 0.3) is 34.2 Å². The lowest BCUT2D eigenvalue weighted by Crippen LogP contribution is -1.83. The van der Waals surface area contributed by atoms with Gasteiger partial charge in [0, 0.05) is 22.8 Å². The van der Waals surface area contributed by atoms with Crippen molar-refractivity contribution >= 4 is 23.1 Å². The van der Waals surface area contributed by atoms with Gasteiger partial charge in [-0.2, -0.15) is 5.10 Å². The highest BCUT2D eigenvalue weighted by molar-refractivity contribution is 5.92. The van der Waals surface area contributed by atoms with E-state index in [9.17, 15) is 0 Å². The van der Waals surface area contributed by atoms with Crippen molar-refractivity contribution in [2.75, 3.05) is 0 Å². The number of H-pyrrole nitrogens is 1. The van der Waals surface area contributed by atoms with E-state index in [1.165, 1.54) is 0 Å². The zero-order chi connectivity index (χ0) is 16.4. The number of hydrogen-bond donors (Lipinski definition) is 1. The number of aryl methyl sites for hydroxylation is 1. The van der Waals surface area contributed by atoms with Crippen molar-refractivity contribution in [2.24, 2.45) is 0 Å². The first-order valence-electron chi connectivity index (χ1n) is 7.94. The molecule has 0 atom stereocenters. The van der Waals surface area contributed by atoms with Crippen LogP contribution in [0.4, 0.5) is 0 Å². The molecule has 0 aliphatic carbocycles. The lowest BCUT2D eigenvalue weighted by Gasteiger charge is -2.02. The van der Waals surface area contributed by atoms with Crippen molar-refractivity contribution in [3.63, 3.8) is 0 Å². The third-order valence-corrected chi connectivity index (χ3v) is 4.07. The highest BCUT2D eigenvalue weighted by Crippen LogP contribution is 2.25. The Balaban J connectivity index is 1.68. The second-order valence-electron chi connectivity index (χ2n) is 5.80. The summed E-state index contributed by atoms with van der Waals surface area (Å²) >= 11 is 0. The SMILES string of the molecule is Cc1ccc(-c2ccc3c(/C=C/c4ccccc4)n[nH]c3c2)cn1. The van der Waals surface area contributed by atoms with Crippen molar-refractivity contribution in [2.45, 2.75) is 6.92 Å². The summed E-state index contributed by atoms with van der Waals surface area (Å²) in [4.78, 5) is 4.37. The smallest absolute Gasteiger partial charge is 0.0927 e. The normalized spacial score (nSPS) is 11.4. The van der Waals surface area contributed by atoms with Gasteiger partial charge in [0.05, 0.1) is 11.2 Å². The predicted molar refractivity (Wildman–Crippen MR) is 99.4 cm³/mol. The first-order chi connectivity index (χ1) is 11.8. The Morgan fingerprint density at radius 2 is 1.71 bits per heavy atom. The van der Waals surface area contributed by atoms with Crippen LogP contribution in [0, 0.1) is 6.92 Å². The molecule has 0 unspecified atom stereocenters. The Labute approximate surface area is 140 Å². The molecule has 0 saturated carbocycles. The fourth-order valence-electron chi connectivity index (χ4n) is 2.73. The molecule has 2 aromatic carbocycles. The van der Waals surface area contributed by atoms with Crippen LogP contribution in [0.1, 0.15) is 17.0 Å². The molecule has 0 fully saturated rings. The Bertz CT molecular complexity index is 996. The Morgan fingerprint density at radius 3 is 2.50 bits per heavy atom. The molecular formula is C21H17N3. The summed E-state index contributed by atoms with van der Waals surface area (Å²) in [6, 6.07) is 20.7. The van der Waals surface area contributed by atoms with Gasteiger partial charge >= 0.3 is 0 Å². The van der Waals surface area contributed by atoms with Crippen molar-refractivity contribution in [1.29, 1.82) is 0 Å². The molecule has 0 bridgehead atoms. The molecular weight excluding hydrogens is 294 g/mol. The summed E-state index contributed by atoms with van der Waals surface area (Å²) in [5, 5.41) is 8.67. The number of nitrogens with one attached hydrogen (secondary N) is 1. The molecule has 1 N–H and O–H groups in total. The number of fused-ring (bicyclic) bond motifs is 1. The number of hydrogen-bond acceptors (Lipinski definition) is 2. The highest BCUT2D eigenvalue weighted by Gasteiger charge is 2.05. The van der Waals surface area contributed by atoms with Crippen LogP contribution in [0.2, 0.25) is 0 Å². The second kappa shape index (κ2) is 6.13. The second-order valence-corrected chi connectivity index (χ2v) is 5.80. The van der Waals surface area contributed by atoms with Gasteiger partial charge in [0.15, 0.2) is 0 Å². The molecule has 2 aromatic heterocycles. The van der Waals surface area contributed by atoms with Crippen LogP contribution >= 0.6 is 0 Å². The van der Waals surface area contributed by atoms with Crippen LogP contribution in [-0.4, -0.2) is 15.2 Å². The van der Waals surface area contributed by atoms with E-state index in [0.717, 1.165) is 39.0 Å². The minimum atomic E-state index is 0.947. The zero-order valence-electron chi connectivity index (χ0n) is 13.4. The maximum absolute atomic E-state index is 4.43. The summed E-state index contributed by atoms with van der Waals surface area (Å²) in [5.41, 5.74) is 6.41. The molecule has 4 aromatic rings. The molecule has 0 radical (unpaired) electrons. The van der Waals surface area contributed by atoms with Gasteiger partial charge in [-0.3, -0.25) is 10.1 Å². The zero-order valence-corrected chi connectivity index (χ0v) is 13.4. The van der Waals surface area contributed by atoms with E-state index in [-0.39, 0.29) is 0 Å². The average molecular weight is 311 g/mol. The van der Waals surface area contributed by atoms with Gasteiger partial charge in [-0.05, 0) is 42.3 Å². The van der Waals surface area contributed by atoms with Crippen LogP contribution in [0.5, 0.6) is 0 Å². The van der Waals surface area contributed by atoms with Gasteiger partial charge < -0.3 is 0 Å². The third kappa shape index (κ3) is 2.84. The van der Waals surface area contributed by atoms with E-state index in [0.29, 0.717) is 0 Å². The van der Waals surface area contributed by atoms with Gasteiger partial charge in [-0.25, -0.2) is 0 Å². The van der Waals surface area contributed by atoms with Crippen molar-refractivity contribution in [3.8, 4) is 11.1 Å². The topological polar surface area (TPSA) is 41.6 Å². The monoisotopic (exact) mass is 311 g/mol. The standard InChI is InChI=1S/C21H17N3/c1-15-7-9-18(14-22-15)17-10-11-19-20(23-24-21(19)13-17)12-8-16-5-3-2-4-6-16/h2-14H,1H3,(H,23,24)/b12-8+. The molecule has 24 heavy (non-hydrogen) atoms. The summed E-state index contributed by atoms with van der Waals surface area (Å²) in [6.45, 7) is 1.99. The number of rotatable bonds is 3. The number of nitrogens with zero attached hydrogens (tertiary/aromatic N) is 2. The first-order valence-corrected chi connectivity index (χ1v) is 7.94.